The number of hydrogen-bond acceptors (Lipinski definition) is 7. The van der Waals surface area contributed by atoms with Gasteiger partial charge in [0.25, 0.3) is 0 Å². The van der Waals surface area contributed by atoms with Gasteiger partial charge in [-0.15, -0.1) is 0 Å². The number of hydrogen-bond donors (Lipinski definition) is 3. The predicted octanol–water partition coefficient (Wildman–Crippen LogP) is 3.00. The van der Waals surface area contributed by atoms with Crippen molar-refractivity contribution in [2.45, 2.75) is 50.8 Å². The summed E-state index contributed by atoms with van der Waals surface area (Å²) in [6, 6.07) is 3.78. The van der Waals surface area contributed by atoms with Crippen molar-refractivity contribution >= 4 is 23.4 Å². The van der Waals surface area contributed by atoms with Gasteiger partial charge in [0.1, 0.15) is 29.2 Å². The average Bonchev–Trinajstić information content (AvgIpc) is 2.74. The third-order valence-electron chi connectivity index (χ3n) is 6.10. The summed E-state index contributed by atoms with van der Waals surface area (Å²) in [6.45, 7) is 3.73. The molecule has 1 amide bonds. The number of methoxy groups -OCH3 is 2. The Bertz CT molecular complexity index is 920. The number of allylic oxidation sites excluding steroid dienone is 3. The topological polar surface area (TPSA) is 100 Å². The van der Waals surface area contributed by atoms with Gasteiger partial charge in [-0.05, 0) is 31.0 Å². The van der Waals surface area contributed by atoms with Gasteiger partial charge in [0, 0.05) is 26.5 Å². The molecule has 3 N–H and O–H groups in total. The van der Waals surface area contributed by atoms with Gasteiger partial charge in [0.15, 0.2) is 5.72 Å². The van der Waals surface area contributed by atoms with E-state index in [1.54, 1.807) is 38.1 Å². The van der Waals surface area contributed by atoms with Crippen molar-refractivity contribution in [2.75, 3.05) is 26.2 Å². The first-order valence-corrected chi connectivity index (χ1v) is 10.8. The van der Waals surface area contributed by atoms with E-state index < -0.39 is 36.2 Å². The van der Waals surface area contributed by atoms with E-state index in [0.29, 0.717) is 22.9 Å². The van der Waals surface area contributed by atoms with Gasteiger partial charge in [0.05, 0.1) is 12.8 Å². The van der Waals surface area contributed by atoms with E-state index in [1.807, 2.05) is 25.1 Å². The van der Waals surface area contributed by atoms with Crippen molar-refractivity contribution in [3.63, 3.8) is 0 Å². The van der Waals surface area contributed by atoms with Gasteiger partial charge in [-0.25, -0.2) is 4.79 Å². The SMILES string of the molecule is COc1cc2cc(c1Cl)N(C)C(O)[C@H](C)C1C[C@@](O)(NC(=O)O1)[C@H](OC)/C=C/C=C(/C)C2. The molecule has 176 valence electrons. The third-order valence-corrected chi connectivity index (χ3v) is 6.48. The lowest BCUT2D eigenvalue weighted by Gasteiger charge is -2.43. The summed E-state index contributed by atoms with van der Waals surface area (Å²) in [7, 11) is 4.71. The maximum Gasteiger partial charge on any atom is 0.409 e. The zero-order chi connectivity index (χ0) is 23.6. The van der Waals surface area contributed by atoms with Gasteiger partial charge in [-0.3, -0.25) is 5.32 Å². The number of anilines is 1. The van der Waals surface area contributed by atoms with E-state index in [2.05, 4.69) is 5.32 Å². The fourth-order valence-corrected chi connectivity index (χ4v) is 4.51. The summed E-state index contributed by atoms with van der Waals surface area (Å²) in [4.78, 5) is 13.9. The maximum absolute atomic E-state index is 12.3. The molecule has 5 atom stereocenters. The molecule has 3 rings (SSSR count). The smallest absolute Gasteiger partial charge is 0.409 e. The number of fused-ring (bicyclic) bond motifs is 4. The molecule has 32 heavy (non-hydrogen) atoms. The number of carbonyl (C=O) groups is 1. The molecule has 9 heteroatoms. The summed E-state index contributed by atoms with van der Waals surface area (Å²) in [5, 5.41) is 25.2. The normalized spacial score (nSPS) is 33.7. The number of aliphatic hydroxyl groups is 2. The van der Waals surface area contributed by atoms with Crippen LogP contribution in [0.1, 0.15) is 25.8 Å². The highest BCUT2D eigenvalue weighted by molar-refractivity contribution is 6.34. The van der Waals surface area contributed by atoms with Crippen LogP contribution in [-0.2, 0) is 15.9 Å². The van der Waals surface area contributed by atoms with E-state index in [-0.39, 0.29) is 6.42 Å². The highest BCUT2D eigenvalue weighted by Crippen LogP contribution is 2.39. The Morgan fingerprint density at radius 3 is 2.72 bits per heavy atom. The molecule has 1 aromatic carbocycles. The monoisotopic (exact) mass is 466 g/mol. The number of alkyl carbamates (subject to hydrolysis) is 1. The second-order valence-corrected chi connectivity index (χ2v) is 8.82. The Labute approximate surface area is 193 Å². The Hall–Kier alpha value is -2.26. The number of carbonyl (C=O) groups excluding carboxylic acids is 1. The van der Waals surface area contributed by atoms with Crippen molar-refractivity contribution in [1.29, 1.82) is 0 Å². The molecule has 8 nitrogen and oxygen atoms in total. The molecule has 1 fully saturated rings. The van der Waals surface area contributed by atoms with Gasteiger partial charge in [0.2, 0.25) is 0 Å². The molecule has 0 radical (unpaired) electrons. The van der Waals surface area contributed by atoms with Crippen LogP contribution in [-0.4, -0.2) is 61.7 Å². The minimum atomic E-state index is -1.70. The van der Waals surface area contributed by atoms with Crippen LogP contribution in [0.15, 0.2) is 35.9 Å². The number of nitrogens with zero attached hydrogens (tertiary/aromatic N) is 1. The first-order chi connectivity index (χ1) is 15.1. The molecule has 0 spiro atoms. The first-order valence-electron chi connectivity index (χ1n) is 10.4. The molecular weight excluding hydrogens is 436 g/mol. The van der Waals surface area contributed by atoms with Crippen LogP contribution in [0.2, 0.25) is 5.02 Å². The maximum atomic E-state index is 12.3. The summed E-state index contributed by atoms with van der Waals surface area (Å²) >= 11 is 6.57. The first kappa shape index (κ1) is 24.4. The highest BCUT2D eigenvalue weighted by Gasteiger charge is 2.47. The van der Waals surface area contributed by atoms with E-state index >= 15 is 0 Å². The quantitative estimate of drug-likeness (QED) is 0.616. The average molecular weight is 467 g/mol. The third kappa shape index (κ3) is 4.88. The molecule has 2 unspecified atom stereocenters. The van der Waals surface area contributed by atoms with Crippen molar-refractivity contribution in [2.24, 2.45) is 5.92 Å². The Kier molecular flexibility index (Phi) is 7.39. The van der Waals surface area contributed by atoms with Crippen LogP contribution in [0.3, 0.4) is 0 Å². The van der Waals surface area contributed by atoms with Crippen LogP contribution in [0.5, 0.6) is 5.75 Å². The fourth-order valence-electron chi connectivity index (χ4n) is 4.19. The van der Waals surface area contributed by atoms with Crippen LogP contribution in [0, 0.1) is 5.92 Å². The summed E-state index contributed by atoms with van der Waals surface area (Å²) in [5.41, 5.74) is 0.888. The van der Waals surface area contributed by atoms with Crippen molar-refractivity contribution in [3.8, 4) is 5.75 Å². The van der Waals surface area contributed by atoms with Crippen molar-refractivity contribution in [3.05, 3.63) is 46.5 Å². The van der Waals surface area contributed by atoms with Gasteiger partial charge < -0.3 is 29.3 Å². The number of amides is 1. The lowest BCUT2D eigenvalue weighted by molar-refractivity contribution is -0.147. The lowest BCUT2D eigenvalue weighted by atomic mass is 9.89. The predicted molar refractivity (Wildman–Crippen MR) is 122 cm³/mol. The van der Waals surface area contributed by atoms with Crippen LogP contribution in [0.4, 0.5) is 10.5 Å². The molecule has 2 heterocycles. The van der Waals surface area contributed by atoms with Crippen LogP contribution in [0.25, 0.3) is 0 Å². The Morgan fingerprint density at radius 1 is 1.34 bits per heavy atom. The number of rotatable bonds is 2. The largest absolute Gasteiger partial charge is 0.495 e. The zero-order valence-corrected chi connectivity index (χ0v) is 19.7. The van der Waals surface area contributed by atoms with E-state index in [4.69, 9.17) is 25.8 Å². The number of ether oxygens (including phenoxy) is 3. The van der Waals surface area contributed by atoms with Gasteiger partial charge in [-0.1, -0.05) is 42.3 Å². The number of aliphatic hydroxyl groups excluding tert-OH is 1. The standard InChI is InChI=1S/C23H31ClN2O6/c1-13-7-6-8-19(31-5)23(29)12-18(32-22(28)25-23)14(2)21(27)26(3)16-10-15(9-13)11-17(30-4)20(16)24/h6-8,10-11,14,18-19,21,27,29H,9,12H2,1-5H3,(H,25,28)/b8-6+,13-7-/t14-,18?,19-,21?,23+/m1/s1. The van der Waals surface area contributed by atoms with Crippen molar-refractivity contribution < 1.29 is 29.2 Å². The summed E-state index contributed by atoms with van der Waals surface area (Å²) in [5.74, 6) is -0.0598. The van der Waals surface area contributed by atoms with Gasteiger partial charge >= 0.3 is 6.09 Å². The minimum Gasteiger partial charge on any atom is -0.495 e. The molecule has 1 saturated heterocycles. The summed E-state index contributed by atoms with van der Waals surface area (Å²) in [6.07, 6.45) is 2.60. The van der Waals surface area contributed by atoms with E-state index in [9.17, 15) is 15.0 Å². The number of benzene rings is 1. The molecule has 0 aliphatic carbocycles. The molecule has 4 bridgehead atoms. The van der Waals surface area contributed by atoms with Crippen LogP contribution >= 0.6 is 11.6 Å². The molecule has 0 saturated carbocycles. The molecule has 1 aromatic rings. The summed E-state index contributed by atoms with van der Waals surface area (Å²) < 4.78 is 16.4. The van der Waals surface area contributed by atoms with Crippen LogP contribution < -0.4 is 15.0 Å². The second-order valence-electron chi connectivity index (χ2n) is 8.44. The molecule has 2 aliphatic rings. The molecule has 2 aliphatic heterocycles. The highest BCUT2D eigenvalue weighted by atomic mass is 35.5. The number of nitrogens with one attached hydrogen (secondary N) is 1. The zero-order valence-electron chi connectivity index (χ0n) is 19.0. The van der Waals surface area contributed by atoms with E-state index in [0.717, 1.165) is 11.1 Å². The number of halogens is 1. The molecule has 0 aromatic heterocycles. The van der Waals surface area contributed by atoms with Crippen molar-refractivity contribution in [1.82, 2.24) is 5.32 Å². The fraction of sp³-hybridized carbons (Fsp3) is 0.522. The Balaban J connectivity index is 2.12. The Morgan fingerprint density at radius 2 is 2.06 bits per heavy atom. The van der Waals surface area contributed by atoms with E-state index in [1.165, 1.54) is 7.11 Å². The molecular formula is C23H31ClN2O6. The van der Waals surface area contributed by atoms with Gasteiger partial charge in [-0.2, -0.15) is 0 Å². The lowest BCUT2D eigenvalue weighted by Crippen LogP contribution is -2.64. The second kappa shape index (κ2) is 9.70. The minimum absolute atomic E-state index is 0.0213.